The number of benzene rings is 1. The second kappa shape index (κ2) is 8.03. The number of ether oxygens (including phenoxy) is 1. The van der Waals surface area contributed by atoms with Crippen LogP contribution in [0.5, 0.6) is 5.75 Å². The van der Waals surface area contributed by atoms with E-state index < -0.39 is 0 Å². The zero-order valence-electron chi connectivity index (χ0n) is 13.0. The first-order valence-electron chi connectivity index (χ1n) is 7.99. The zero-order valence-corrected chi connectivity index (χ0v) is 13.0. The molecule has 1 aliphatic heterocycles. The first kappa shape index (κ1) is 15.8. The second-order valence-corrected chi connectivity index (χ2v) is 5.48. The molecule has 4 nitrogen and oxygen atoms in total. The average Bonchev–Trinajstić information content (AvgIpc) is 2.54. The van der Waals surface area contributed by atoms with Crippen molar-refractivity contribution in [1.29, 1.82) is 0 Å². The normalized spacial score (nSPS) is 19.8. The minimum Gasteiger partial charge on any atom is -0.494 e. The molecule has 2 N–H and O–H groups in total. The molecule has 1 saturated heterocycles. The lowest BCUT2D eigenvalue weighted by atomic mass is 9.97. The predicted molar refractivity (Wildman–Crippen MR) is 84.4 cm³/mol. The highest BCUT2D eigenvalue weighted by molar-refractivity contribution is 5.79. The van der Waals surface area contributed by atoms with Crippen LogP contribution in [0.25, 0.3) is 0 Å². The Hall–Kier alpha value is -1.55. The second-order valence-electron chi connectivity index (χ2n) is 5.48. The van der Waals surface area contributed by atoms with E-state index in [2.05, 4.69) is 17.6 Å². The minimum absolute atomic E-state index is 0.0159. The van der Waals surface area contributed by atoms with E-state index in [-0.39, 0.29) is 17.9 Å². The summed E-state index contributed by atoms with van der Waals surface area (Å²) >= 11 is 0. The number of hydrogen-bond donors (Lipinski definition) is 2. The predicted octanol–water partition coefficient (Wildman–Crippen LogP) is 2.65. The topological polar surface area (TPSA) is 50.4 Å². The van der Waals surface area contributed by atoms with Gasteiger partial charge in [-0.3, -0.25) is 4.79 Å². The molecule has 1 fully saturated rings. The molecule has 1 aromatic rings. The maximum atomic E-state index is 12.4. The van der Waals surface area contributed by atoms with Crippen molar-refractivity contribution in [3.8, 4) is 5.75 Å². The standard InChI is InChI=1S/C17H26N2O2/c1-3-15(14-9-5-6-10-16(14)21-4-2)19-17(20)13-8-7-11-18-12-13/h5-6,9-10,13,15,18H,3-4,7-8,11-12H2,1-2H3,(H,19,20). The van der Waals surface area contributed by atoms with Gasteiger partial charge in [-0.25, -0.2) is 0 Å². The monoisotopic (exact) mass is 290 g/mol. The molecule has 0 aliphatic carbocycles. The molecule has 0 spiro atoms. The summed E-state index contributed by atoms with van der Waals surface area (Å²) in [5.41, 5.74) is 1.07. The van der Waals surface area contributed by atoms with Crippen LogP contribution in [0.4, 0.5) is 0 Å². The molecule has 0 aromatic heterocycles. The first-order valence-corrected chi connectivity index (χ1v) is 7.99. The lowest BCUT2D eigenvalue weighted by Crippen LogP contribution is -2.41. The van der Waals surface area contributed by atoms with Gasteiger partial charge in [-0.15, -0.1) is 0 Å². The van der Waals surface area contributed by atoms with Crippen LogP contribution in [0, 0.1) is 5.92 Å². The summed E-state index contributed by atoms with van der Waals surface area (Å²) in [4.78, 5) is 12.4. The van der Waals surface area contributed by atoms with E-state index in [9.17, 15) is 4.79 Å². The van der Waals surface area contributed by atoms with Crippen LogP contribution in [0.15, 0.2) is 24.3 Å². The number of carbonyl (C=O) groups excluding carboxylic acids is 1. The molecule has 116 valence electrons. The molecule has 1 aromatic carbocycles. The molecule has 0 saturated carbocycles. The van der Waals surface area contributed by atoms with Gasteiger partial charge in [-0.05, 0) is 38.8 Å². The Kier molecular flexibility index (Phi) is 6.05. The van der Waals surface area contributed by atoms with E-state index in [1.54, 1.807) is 0 Å². The van der Waals surface area contributed by atoms with Crippen LogP contribution in [0.1, 0.15) is 44.7 Å². The van der Waals surface area contributed by atoms with Gasteiger partial charge in [0.2, 0.25) is 5.91 Å². The minimum atomic E-state index is 0.0159. The van der Waals surface area contributed by atoms with Gasteiger partial charge in [0.25, 0.3) is 0 Å². The highest BCUT2D eigenvalue weighted by Crippen LogP contribution is 2.27. The van der Waals surface area contributed by atoms with E-state index in [0.717, 1.165) is 43.7 Å². The van der Waals surface area contributed by atoms with Crippen molar-refractivity contribution in [1.82, 2.24) is 10.6 Å². The molecule has 2 rings (SSSR count). The van der Waals surface area contributed by atoms with Gasteiger partial charge >= 0.3 is 0 Å². The summed E-state index contributed by atoms with van der Waals surface area (Å²) < 4.78 is 5.68. The Morgan fingerprint density at radius 1 is 1.43 bits per heavy atom. The summed E-state index contributed by atoms with van der Waals surface area (Å²) in [7, 11) is 0. The number of nitrogens with one attached hydrogen (secondary N) is 2. The summed E-state index contributed by atoms with van der Waals surface area (Å²) in [5, 5.41) is 6.49. The lowest BCUT2D eigenvalue weighted by molar-refractivity contribution is -0.126. The Labute approximate surface area is 127 Å². The van der Waals surface area contributed by atoms with Crippen molar-refractivity contribution in [2.45, 2.75) is 39.2 Å². The van der Waals surface area contributed by atoms with Gasteiger partial charge < -0.3 is 15.4 Å². The highest BCUT2D eigenvalue weighted by atomic mass is 16.5. The van der Waals surface area contributed by atoms with Crippen molar-refractivity contribution in [2.24, 2.45) is 5.92 Å². The third-order valence-corrected chi connectivity index (χ3v) is 3.99. The summed E-state index contributed by atoms with van der Waals surface area (Å²) in [6, 6.07) is 7.99. The lowest BCUT2D eigenvalue weighted by Gasteiger charge is -2.26. The van der Waals surface area contributed by atoms with Gasteiger partial charge in [0, 0.05) is 12.1 Å². The number of para-hydroxylation sites is 1. The number of hydrogen-bond acceptors (Lipinski definition) is 3. The van der Waals surface area contributed by atoms with Gasteiger partial charge in [0.15, 0.2) is 0 Å². The molecule has 2 atom stereocenters. The van der Waals surface area contributed by atoms with Crippen LogP contribution in [-0.2, 0) is 4.79 Å². The third kappa shape index (κ3) is 4.21. The molecule has 0 radical (unpaired) electrons. The van der Waals surface area contributed by atoms with E-state index >= 15 is 0 Å². The summed E-state index contributed by atoms with van der Waals surface area (Å²) in [6.07, 6.45) is 2.91. The molecule has 1 aliphatic rings. The highest BCUT2D eigenvalue weighted by Gasteiger charge is 2.24. The number of amides is 1. The van der Waals surface area contributed by atoms with E-state index in [1.807, 2.05) is 31.2 Å². The maximum Gasteiger partial charge on any atom is 0.224 e. The molecule has 1 amide bonds. The summed E-state index contributed by atoms with van der Waals surface area (Å²) in [6.45, 7) is 6.51. The SMILES string of the molecule is CCOc1ccccc1C(CC)NC(=O)C1CCCNC1. The van der Waals surface area contributed by atoms with Gasteiger partial charge in [0.05, 0.1) is 18.6 Å². The number of rotatable bonds is 6. The van der Waals surface area contributed by atoms with Gasteiger partial charge in [-0.2, -0.15) is 0 Å². The Bertz CT molecular complexity index is 456. The molecule has 1 heterocycles. The van der Waals surface area contributed by atoms with Crippen molar-refractivity contribution in [2.75, 3.05) is 19.7 Å². The first-order chi connectivity index (χ1) is 10.3. The molecular formula is C17H26N2O2. The average molecular weight is 290 g/mol. The molecule has 2 unspecified atom stereocenters. The summed E-state index contributed by atoms with van der Waals surface area (Å²) in [5.74, 6) is 1.11. The van der Waals surface area contributed by atoms with Gasteiger partial charge in [-0.1, -0.05) is 25.1 Å². The van der Waals surface area contributed by atoms with E-state index in [0.29, 0.717) is 6.61 Å². The zero-order chi connectivity index (χ0) is 15.1. The molecule has 0 bridgehead atoms. The maximum absolute atomic E-state index is 12.4. The Morgan fingerprint density at radius 2 is 2.24 bits per heavy atom. The smallest absolute Gasteiger partial charge is 0.224 e. The van der Waals surface area contributed by atoms with Crippen LogP contribution in [0.2, 0.25) is 0 Å². The van der Waals surface area contributed by atoms with E-state index in [4.69, 9.17) is 4.74 Å². The van der Waals surface area contributed by atoms with Crippen LogP contribution < -0.4 is 15.4 Å². The van der Waals surface area contributed by atoms with Crippen molar-refractivity contribution in [3.05, 3.63) is 29.8 Å². The fraction of sp³-hybridized carbons (Fsp3) is 0.588. The number of piperidine rings is 1. The van der Waals surface area contributed by atoms with Crippen LogP contribution in [-0.4, -0.2) is 25.6 Å². The number of carbonyl (C=O) groups is 1. The Balaban J connectivity index is 2.07. The quantitative estimate of drug-likeness (QED) is 0.847. The Morgan fingerprint density at radius 3 is 2.90 bits per heavy atom. The van der Waals surface area contributed by atoms with Crippen LogP contribution >= 0.6 is 0 Å². The molecular weight excluding hydrogens is 264 g/mol. The molecule has 4 heteroatoms. The van der Waals surface area contributed by atoms with Crippen molar-refractivity contribution >= 4 is 5.91 Å². The van der Waals surface area contributed by atoms with Crippen molar-refractivity contribution < 1.29 is 9.53 Å². The van der Waals surface area contributed by atoms with Crippen LogP contribution in [0.3, 0.4) is 0 Å². The van der Waals surface area contributed by atoms with E-state index in [1.165, 1.54) is 0 Å². The largest absolute Gasteiger partial charge is 0.494 e. The fourth-order valence-electron chi connectivity index (χ4n) is 2.82. The van der Waals surface area contributed by atoms with Crippen molar-refractivity contribution in [3.63, 3.8) is 0 Å². The van der Waals surface area contributed by atoms with Gasteiger partial charge in [0.1, 0.15) is 5.75 Å². The fourth-order valence-corrected chi connectivity index (χ4v) is 2.82. The molecule has 21 heavy (non-hydrogen) atoms. The third-order valence-electron chi connectivity index (χ3n) is 3.99.